The number of ether oxygens (including phenoxy) is 1. The first-order valence-electron chi connectivity index (χ1n) is 7.68. The standard InChI is InChI=1S/C16H23N3O2/c1-10(2)21-15-9-13-14(8-11(15)3)19(16(20)18-13)12-4-6-17-7-5-12/h8-10,12,17H,4-7H2,1-3H3,(H,18,20). The van der Waals surface area contributed by atoms with E-state index in [2.05, 4.69) is 16.4 Å². The van der Waals surface area contributed by atoms with Gasteiger partial charge in [-0.05, 0) is 58.3 Å². The van der Waals surface area contributed by atoms with Crippen molar-refractivity contribution in [2.75, 3.05) is 13.1 Å². The number of nitrogens with one attached hydrogen (secondary N) is 2. The first-order chi connectivity index (χ1) is 10.1. The van der Waals surface area contributed by atoms with Crippen molar-refractivity contribution in [1.29, 1.82) is 0 Å². The summed E-state index contributed by atoms with van der Waals surface area (Å²) in [6.45, 7) is 7.98. The first-order valence-corrected chi connectivity index (χ1v) is 7.68. The molecule has 0 saturated carbocycles. The van der Waals surface area contributed by atoms with E-state index in [4.69, 9.17) is 4.74 Å². The van der Waals surface area contributed by atoms with Crippen LogP contribution in [0.15, 0.2) is 16.9 Å². The Bertz CT molecular complexity index is 693. The Morgan fingerprint density at radius 2 is 2.00 bits per heavy atom. The number of fused-ring (bicyclic) bond motifs is 1. The SMILES string of the molecule is Cc1cc2c(cc1OC(C)C)[nH]c(=O)n2C1CCNCC1. The molecule has 1 saturated heterocycles. The topological polar surface area (TPSA) is 59.1 Å². The number of imidazole rings is 1. The quantitative estimate of drug-likeness (QED) is 0.912. The summed E-state index contributed by atoms with van der Waals surface area (Å²) in [6, 6.07) is 4.29. The Morgan fingerprint density at radius 1 is 1.29 bits per heavy atom. The molecule has 114 valence electrons. The molecule has 0 radical (unpaired) electrons. The molecule has 5 nitrogen and oxygen atoms in total. The Hall–Kier alpha value is -1.75. The van der Waals surface area contributed by atoms with Crippen LogP contribution < -0.4 is 15.7 Å². The van der Waals surface area contributed by atoms with Gasteiger partial charge < -0.3 is 15.0 Å². The number of piperidine rings is 1. The molecule has 2 N–H and O–H groups in total. The van der Waals surface area contributed by atoms with Crippen LogP contribution in [0.25, 0.3) is 11.0 Å². The van der Waals surface area contributed by atoms with Crippen LogP contribution in [0.1, 0.15) is 38.3 Å². The number of rotatable bonds is 3. The van der Waals surface area contributed by atoms with Crippen molar-refractivity contribution < 1.29 is 4.74 Å². The summed E-state index contributed by atoms with van der Waals surface area (Å²) in [6.07, 6.45) is 2.12. The van der Waals surface area contributed by atoms with E-state index in [1.165, 1.54) is 0 Å². The van der Waals surface area contributed by atoms with Crippen LogP contribution >= 0.6 is 0 Å². The molecule has 1 aromatic carbocycles. The predicted octanol–water partition coefficient (Wildman–Crippen LogP) is 2.35. The molecule has 0 unspecified atom stereocenters. The van der Waals surface area contributed by atoms with E-state index < -0.39 is 0 Å². The molecule has 1 aliphatic heterocycles. The van der Waals surface area contributed by atoms with Gasteiger partial charge in [-0.15, -0.1) is 0 Å². The fourth-order valence-electron chi connectivity index (χ4n) is 3.07. The van der Waals surface area contributed by atoms with E-state index in [1.807, 2.05) is 31.4 Å². The van der Waals surface area contributed by atoms with Crippen molar-refractivity contribution in [3.63, 3.8) is 0 Å². The number of hydrogen-bond donors (Lipinski definition) is 2. The third-order valence-corrected chi connectivity index (χ3v) is 4.05. The highest BCUT2D eigenvalue weighted by Gasteiger charge is 2.20. The molecule has 5 heteroatoms. The lowest BCUT2D eigenvalue weighted by Gasteiger charge is -2.24. The van der Waals surface area contributed by atoms with Gasteiger partial charge >= 0.3 is 5.69 Å². The molecule has 2 heterocycles. The third kappa shape index (κ3) is 2.70. The van der Waals surface area contributed by atoms with Gasteiger partial charge in [0.15, 0.2) is 0 Å². The van der Waals surface area contributed by atoms with Crippen molar-refractivity contribution in [3.8, 4) is 5.75 Å². The van der Waals surface area contributed by atoms with Crippen LogP contribution in [0, 0.1) is 6.92 Å². The smallest absolute Gasteiger partial charge is 0.326 e. The van der Waals surface area contributed by atoms with E-state index in [9.17, 15) is 4.79 Å². The van der Waals surface area contributed by atoms with Gasteiger partial charge in [0.05, 0.1) is 17.1 Å². The summed E-state index contributed by atoms with van der Waals surface area (Å²) in [4.78, 5) is 15.3. The Morgan fingerprint density at radius 3 is 2.67 bits per heavy atom. The zero-order valence-corrected chi connectivity index (χ0v) is 12.9. The van der Waals surface area contributed by atoms with E-state index in [0.29, 0.717) is 0 Å². The Labute approximate surface area is 124 Å². The van der Waals surface area contributed by atoms with E-state index in [1.54, 1.807) is 0 Å². The summed E-state index contributed by atoms with van der Waals surface area (Å²) in [7, 11) is 0. The highest BCUT2D eigenvalue weighted by atomic mass is 16.5. The van der Waals surface area contributed by atoms with Crippen molar-refractivity contribution >= 4 is 11.0 Å². The number of aromatic nitrogens is 2. The van der Waals surface area contributed by atoms with Crippen LogP contribution in [0.5, 0.6) is 5.75 Å². The van der Waals surface area contributed by atoms with Crippen LogP contribution in [0.2, 0.25) is 0 Å². The highest BCUT2D eigenvalue weighted by molar-refractivity contribution is 5.78. The van der Waals surface area contributed by atoms with Crippen LogP contribution in [-0.2, 0) is 0 Å². The van der Waals surface area contributed by atoms with E-state index >= 15 is 0 Å². The highest BCUT2D eigenvalue weighted by Crippen LogP contribution is 2.28. The number of nitrogens with zero attached hydrogens (tertiary/aromatic N) is 1. The number of hydrogen-bond acceptors (Lipinski definition) is 3. The number of aryl methyl sites for hydroxylation is 1. The fraction of sp³-hybridized carbons (Fsp3) is 0.562. The molecule has 2 aromatic rings. The zero-order valence-electron chi connectivity index (χ0n) is 12.9. The van der Waals surface area contributed by atoms with Crippen molar-refractivity contribution in [2.24, 2.45) is 0 Å². The van der Waals surface area contributed by atoms with Crippen LogP contribution in [0.3, 0.4) is 0 Å². The minimum Gasteiger partial charge on any atom is -0.491 e. The fourth-order valence-corrected chi connectivity index (χ4v) is 3.07. The molecule has 0 bridgehead atoms. The summed E-state index contributed by atoms with van der Waals surface area (Å²) < 4.78 is 7.73. The van der Waals surface area contributed by atoms with E-state index in [-0.39, 0.29) is 17.8 Å². The second kappa shape index (κ2) is 5.56. The average molecular weight is 289 g/mol. The molecule has 3 rings (SSSR count). The van der Waals surface area contributed by atoms with Crippen molar-refractivity contribution in [3.05, 3.63) is 28.2 Å². The summed E-state index contributed by atoms with van der Waals surface area (Å²) in [5.74, 6) is 0.844. The third-order valence-electron chi connectivity index (χ3n) is 4.05. The van der Waals surface area contributed by atoms with Gasteiger partial charge in [-0.3, -0.25) is 4.57 Å². The van der Waals surface area contributed by atoms with Crippen LogP contribution in [-0.4, -0.2) is 28.7 Å². The van der Waals surface area contributed by atoms with Gasteiger partial charge in [-0.25, -0.2) is 4.79 Å². The molecule has 1 aliphatic rings. The summed E-state index contributed by atoms with van der Waals surface area (Å²) in [5.41, 5.74) is 2.90. The average Bonchev–Trinajstić information content (AvgIpc) is 2.75. The number of H-pyrrole nitrogens is 1. The lowest BCUT2D eigenvalue weighted by atomic mass is 10.1. The molecule has 0 spiro atoms. The minimum atomic E-state index is -0.0157. The van der Waals surface area contributed by atoms with Crippen LogP contribution in [0.4, 0.5) is 0 Å². The molecule has 21 heavy (non-hydrogen) atoms. The normalized spacial score (nSPS) is 16.8. The minimum absolute atomic E-state index is 0.0157. The molecule has 0 aliphatic carbocycles. The lowest BCUT2D eigenvalue weighted by Crippen LogP contribution is -2.33. The number of benzene rings is 1. The van der Waals surface area contributed by atoms with E-state index in [0.717, 1.165) is 48.3 Å². The molecule has 0 atom stereocenters. The predicted molar refractivity (Wildman–Crippen MR) is 84.2 cm³/mol. The molecule has 0 amide bonds. The van der Waals surface area contributed by atoms with Crippen molar-refractivity contribution in [1.82, 2.24) is 14.9 Å². The zero-order chi connectivity index (χ0) is 15.0. The largest absolute Gasteiger partial charge is 0.491 e. The summed E-state index contributed by atoms with van der Waals surface area (Å²) in [5, 5.41) is 3.34. The van der Waals surface area contributed by atoms with Gasteiger partial charge in [0.25, 0.3) is 0 Å². The molecule has 1 aromatic heterocycles. The summed E-state index contributed by atoms with van der Waals surface area (Å²) >= 11 is 0. The second-order valence-electron chi connectivity index (χ2n) is 6.08. The Kier molecular flexibility index (Phi) is 3.76. The van der Waals surface area contributed by atoms with Crippen molar-refractivity contribution in [2.45, 2.75) is 45.8 Å². The van der Waals surface area contributed by atoms with Gasteiger partial charge in [-0.1, -0.05) is 0 Å². The monoisotopic (exact) mass is 289 g/mol. The first kappa shape index (κ1) is 14.2. The maximum Gasteiger partial charge on any atom is 0.326 e. The molecular weight excluding hydrogens is 266 g/mol. The molecule has 1 fully saturated rings. The van der Waals surface area contributed by atoms with Gasteiger partial charge in [-0.2, -0.15) is 0 Å². The number of aromatic amines is 1. The second-order valence-corrected chi connectivity index (χ2v) is 6.08. The van der Waals surface area contributed by atoms with Gasteiger partial charge in [0.1, 0.15) is 5.75 Å². The lowest BCUT2D eigenvalue weighted by molar-refractivity contribution is 0.241. The van der Waals surface area contributed by atoms with Gasteiger partial charge in [0.2, 0.25) is 0 Å². The maximum atomic E-state index is 12.3. The maximum absolute atomic E-state index is 12.3. The van der Waals surface area contributed by atoms with Gasteiger partial charge in [0, 0.05) is 12.1 Å². The molecular formula is C16H23N3O2. The Balaban J connectivity index is 2.07.